The van der Waals surface area contributed by atoms with Crippen LogP contribution in [0.4, 0.5) is 4.79 Å². The Morgan fingerprint density at radius 3 is 2.80 bits per heavy atom. The molecular formula is C9H14N2O3S. The highest BCUT2D eigenvalue weighted by molar-refractivity contribution is 7.71. The molecule has 0 saturated heterocycles. The summed E-state index contributed by atoms with van der Waals surface area (Å²) in [6, 6.07) is 1.63. The lowest BCUT2D eigenvalue weighted by atomic mass is 10.2. The molecule has 0 aliphatic rings. The van der Waals surface area contributed by atoms with Gasteiger partial charge in [-0.05, 0) is 20.8 Å². The van der Waals surface area contributed by atoms with Crippen LogP contribution < -0.4 is 5.32 Å². The Balaban J connectivity index is 2.38. The number of aromatic nitrogens is 1. The van der Waals surface area contributed by atoms with Gasteiger partial charge in [0.05, 0.1) is 6.54 Å². The molecule has 2 N–H and O–H groups in total. The van der Waals surface area contributed by atoms with Crippen molar-refractivity contribution < 1.29 is 14.1 Å². The van der Waals surface area contributed by atoms with Crippen molar-refractivity contribution in [2.75, 3.05) is 0 Å². The van der Waals surface area contributed by atoms with Gasteiger partial charge in [-0.15, -0.1) is 0 Å². The second-order valence-corrected chi connectivity index (χ2v) is 4.47. The number of alkyl carbamates (subject to hydrolysis) is 1. The summed E-state index contributed by atoms with van der Waals surface area (Å²) in [7, 11) is 0. The number of carbonyl (C=O) groups excluding carboxylic acids is 1. The standard InChI is InChI=1S/C9H14N2O3S/c1-9(2,3)13-8(12)10-5-6-4-7(15)11-14-6/h4H,5H2,1-3H3,(H,10,12)(H,11,15). The van der Waals surface area contributed by atoms with Gasteiger partial charge < -0.3 is 14.6 Å². The first-order chi connectivity index (χ1) is 6.87. The van der Waals surface area contributed by atoms with Crippen LogP contribution >= 0.6 is 12.2 Å². The molecule has 1 amide bonds. The Bertz CT molecular complexity index is 389. The van der Waals surface area contributed by atoms with Gasteiger partial charge in [0.2, 0.25) is 0 Å². The van der Waals surface area contributed by atoms with Gasteiger partial charge in [0, 0.05) is 6.07 Å². The van der Waals surface area contributed by atoms with Crippen molar-refractivity contribution in [2.24, 2.45) is 0 Å². The third-order valence-corrected chi connectivity index (χ3v) is 1.58. The molecule has 1 rings (SSSR count). The molecule has 0 radical (unpaired) electrons. The van der Waals surface area contributed by atoms with Gasteiger partial charge in [0.15, 0.2) is 5.76 Å². The molecule has 0 spiro atoms. The predicted octanol–water partition coefficient (Wildman–Crippen LogP) is 2.36. The molecule has 6 heteroatoms. The maximum atomic E-state index is 11.2. The van der Waals surface area contributed by atoms with E-state index in [1.54, 1.807) is 26.8 Å². The third-order valence-electron chi connectivity index (χ3n) is 1.38. The number of nitrogens with one attached hydrogen (secondary N) is 2. The van der Waals surface area contributed by atoms with E-state index >= 15 is 0 Å². The quantitative estimate of drug-likeness (QED) is 0.765. The Labute approximate surface area is 92.8 Å². The topological polar surface area (TPSA) is 67.3 Å². The summed E-state index contributed by atoms with van der Waals surface area (Å²) in [4.78, 5) is 11.2. The zero-order chi connectivity index (χ0) is 11.5. The van der Waals surface area contributed by atoms with Crippen LogP contribution in [-0.4, -0.2) is 16.9 Å². The smallest absolute Gasteiger partial charge is 0.408 e. The summed E-state index contributed by atoms with van der Waals surface area (Å²) < 4.78 is 10.5. The van der Waals surface area contributed by atoms with Crippen LogP contribution in [0.1, 0.15) is 26.5 Å². The van der Waals surface area contributed by atoms with Crippen molar-refractivity contribution in [1.29, 1.82) is 0 Å². The fourth-order valence-corrected chi connectivity index (χ4v) is 1.05. The van der Waals surface area contributed by atoms with Crippen molar-refractivity contribution in [3.63, 3.8) is 0 Å². The first-order valence-electron chi connectivity index (χ1n) is 4.51. The number of amides is 1. The number of carbonyl (C=O) groups is 1. The van der Waals surface area contributed by atoms with E-state index in [9.17, 15) is 4.79 Å². The molecule has 0 aliphatic heterocycles. The zero-order valence-electron chi connectivity index (χ0n) is 8.92. The number of hydrogen-bond acceptors (Lipinski definition) is 4. The summed E-state index contributed by atoms with van der Waals surface area (Å²) in [5.41, 5.74) is -0.497. The SMILES string of the molecule is CC(C)(C)OC(=O)NCc1cc(=S)[nH]o1. The second kappa shape index (κ2) is 4.48. The van der Waals surface area contributed by atoms with Crippen LogP contribution in [0.15, 0.2) is 10.6 Å². The second-order valence-electron chi connectivity index (χ2n) is 4.03. The Morgan fingerprint density at radius 2 is 2.33 bits per heavy atom. The van der Waals surface area contributed by atoms with E-state index in [1.807, 2.05) is 0 Å². The fraction of sp³-hybridized carbons (Fsp3) is 0.556. The normalized spacial score (nSPS) is 11.1. The molecule has 0 bridgehead atoms. The molecule has 0 atom stereocenters. The van der Waals surface area contributed by atoms with E-state index < -0.39 is 11.7 Å². The number of H-pyrrole nitrogens is 1. The van der Waals surface area contributed by atoms with E-state index in [0.29, 0.717) is 10.4 Å². The molecule has 0 aromatic carbocycles. The molecule has 0 aliphatic carbocycles. The lowest BCUT2D eigenvalue weighted by molar-refractivity contribution is 0.0519. The van der Waals surface area contributed by atoms with Crippen LogP contribution in [0.2, 0.25) is 0 Å². The van der Waals surface area contributed by atoms with Gasteiger partial charge in [-0.1, -0.05) is 12.2 Å². The number of hydrogen-bond donors (Lipinski definition) is 2. The molecule has 5 nitrogen and oxygen atoms in total. The predicted molar refractivity (Wildman–Crippen MR) is 57.0 cm³/mol. The van der Waals surface area contributed by atoms with Crippen LogP contribution in [0.5, 0.6) is 0 Å². The molecule has 15 heavy (non-hydrogen) atoms. The van der Waals surface area contributed by atoms with E-state index in [-0.39, 0.29) is 6.54 Å². The molecular weight excluding hydrogens is 216 g/mol. The van der Waals surface area contributed by atoms with E-state index in [2.05, 4.69) is 10.5 Å². The lowest BCUT2D eigenvalue weighted by Crippen LogP contribution is -2.32. The van der Waals surface area contributed by atoms with E-state index in [4.69, 9.17) is 21.5 Å². The Morgan fingerprint density at radius 1 is 1.67 bits per heavy atom. The summed E-state index contributed by atoms with van der Waals surface area (Å²) in [5.74, 6) is 0.561. The van der Waals surface area contributed by atoms with Crippen LogP contribution in [0.25, 0.3) is 0 Å². The van der Waals surface area contributed by atoms with Gasteiger partial charge in [-0.25, -0.2) is 9.95 Å². The first kappa shape index (κ1) is 11.8. The van der Waals surface area contributed by atoms with Crippen molar-refractivity contribution >= 4 is 18.3 Å². The van der Waals surface area contributed by atoms with Crippen molar-refractivity contribution in [2.45, 2.75) is 32.9 Å². The van der Waals surface area contributed by atoms with Crippen molar-refractivity contribution in [1.82, 2.24) is 10.5 Å². The average molecular weight is 230 g/mol. The first-order valence-corrected chi connectivity index (χ1v) is 4.92. The van der Waals surface area contributed by atoms with Gasteiger partial charge in [0.1, 0.15) is 10.2 Å². The van der Waals surface area contributed by atoms with Gasteiger partial charge >= 0.3 is 6.09 Å². The van der Waals surface area contributed by atoms with Crippen molar-refractivity contribution in [3.05, 3.63) is 16.5 Å². The molecule has 1 heterocycles. The highest BCUT2D eigenvalue weighted by atomic mass is 32.1. The minimum atomic E-state index is -0.497. The monoisotopic (exact) mass is 230 g/mol. The maximum Gasteiger partial charge on any atom is 0.408 e. The minimum absolute atomic E-state index is 0.252. The minimum Gasteiger partial charge on any atom is -0.444 e. The number of rotatable bonds is 2. The Kier molecular flexibility index (Phi) is 3.52. The summed E-state index contributed by atoms with van der Waals surface area (Å²) >= 11 is 4.81. The molecule has 0 fully saturated rings. The van der Waals surface area contributed by atoms with Crippen LogP contribution in [-0.2, 0) is 11.3 Å². The zero-order valence-corrected chi connectivity index (χ0v) is 9.73. The summed E-state index contributed by atoms with van der Waals surface area (Å²) in [6.07, 6.45) is -0.482. The largest absolute Gasteiger partial charge is 0.444 e. The van der Waals surface area contributed by atoms with Crippen LogP contribution in [0.3, 0.4) is 0 Å². The van der Waals surface area contributed by atoms with Gasteiger partial charge in [-0.2, -0.15) is 0 Å². The fourth-order valence-electron chi connectivity index (χ4n) is 0.882. The summed E-state index contributed by atoms with van der Waals surface area (Å²) in [6.45, 7) is 5.65. The third kappa shape index (κ3) is 4.64. The number of aromatic amines is 1. The molecule has 84 valence electrons. The van der Waals surface area contributed by atoms with E-state index in [0.717, 1.165) is 0 Å². The molecule has 1 aromatic heterocycles. The molecule has 0 saturated carbocycles. The van der Waals surface area contributed by atoms with Crippen LogP contribution in [0, 0.1) is 4.64 Å². The highest BCUT2D eigenvalue weighted by Gasteiger charge is 2.15. The maximum absolute atomic E-state index is 11.2. The van der Waals surface area contributed by atoms with Gasteiger partial charge in [0.25, 0.3) is 0 Å². The highest BCUT2D eigenvalue weighted by Crippen LogP contribution is 2.07. The average Bonchev–Trinajstić information content (AvgIpc) is 2.45. The molecule has 1 aromatic rings. The van der Waals surface area contributed by atoms with E-state index in [1.165, 1.54) is 0 Å². The number of ether oxygens (including phenoxy) is 1. The lowest BCUT2D eigenvalue weighted by Gasteiger charge is -2.19. The van der Waals surface area contributed by atoms with Gasteiger partial charge in [-0.3, -0.25) is 0 Å². The molecule has 0 unspecified atom stereocenters. The van der Waals surface area contributed by atoms with Crippen molar-refractivity contribution in [3.8, 4) is 0 Å². The Hall–Kier alpha value is -1.30. The summed E-state index contributed by atoms with van der Waals surface area (Å²) in [5, 5.41) is 5.04.